The van der Waals surface area contributed by atoms with Gasteiger partial charge in [-0.1, -0.05) is 60.7 Å². The first-order valence-electron chi connectivity index (χ1n) is 14.8. The number of rotatable bonds is 12. The van der Waals surface area contributed by atoms with Crippen molar-refractivity contribution in [2.45, 2.75) is 57.9 Å². The van der Waals surface area contributed by atoms with Crippen LogP contribution in [0.15, 0.2) is 72.8 Å². The Balaban J connectivity index is 1.36. The van der Waals surface area contributed by atoms with Crippen LogP contribution in [0.5, 0.6) is 0 Å². The lowest BCUT2D eigenvalue weighted by Crippen LogP contribution is -2.47. The Morgan fingerprint density at radius 2 is 1.67 bits per heavy atom. The van der Waals surface area contributed by atoms with E-state index in [0.717, 1.165) is 41.6 Å². The number of ether oxygens (including phenoxy) is 2. The summed E-state index contributed by atoms with van der Waals surface area (Å²) in [6.45, 7) is 5.45. The SMILES string of the molecule is CC(C)(N)C(=O)CN[C@H](COCc1ccccc1-c1ccccc1)c1nnc2cccc(COC(=O)N3CCCCC3)n12. The Labute approximate surface area is 252 Å². The molecule has 10 heteroatoms. The van der Waals surface area contributed by atoms with Gasteiger partial charge in [0, 0.05) is 13.1 Å². The lowest BCUT2D eigenvalue weighted by atomic mass is 10.0. The van der Waals surface area contributed by atoms with Gasteiger partial charge in [-0.05, 0) is 61.9 Å². The van der Waals surface area contributed by atoms with Crippen LogP contribution in [0.3, 0.4) is 0 Å². The molecule has 226 valence electrons. The zero-order valence-corrected chi connectivity index (χ0v) is 24.9. The number of amides is 1. The first kappa shape index (κ1) is 30.3. The Bertz CT molecular complexity index is 1530. The summed E-state index contributed by atoms with van der Waals surface area (Å²) in [5.74, 6) is 0.412. The van der Waals surface area contributed by atoms with E-state index in [1.807, 2.05) is 59.0 Å². The standard InChI is InChI=1S/C33H40N6O4/c1-33(2,34)29(40)20-35-28(23-42-21-25-14-7-8-16-27(25)24-12-5-3-6-13-24)31-37-36-30-17-11-15-26(39(30)31)22-43-32(41)38-18-9-4-10-19-38/h3,5-8,11-17,28,35H,4,9-10,18-23,34H2,1-2H3/t28-/m1/s1. The number of fused-ring (bicyclic) bond motifs is 1. The fourth-order valence-corrected chi connectivity index (χ4v) is 5.17. The number of benzene rings is 2. The van der Waals surface area contributed by atoms with Crippen molar-refractivity contribution in [3.05, 3.63) is 89.9 Å². The van der Waals surface area contributed by atoms with Crippen molar-refractivity contribution in [1.29, 1.82) is 0 Å². The lowest BCUT2D eigenvalue weighted by Gasteiger charge is -2.26. The number of nitrogens with zero attached hydrogens (tertiary/aromatic N) is 4. The predicted molar refractivity (Wildman–Crippen MR) is 164 cm³/mol. The van der Waals surface area contributed by atoms with Crippen molar-refractivity contribution in [3.8, 4) is 11.1 Å². The van der Waals surface area contributed by atoms with Crippen LogP contribution in [0.4, 0.5) is 4.79 Å². The van der Waals surface area contributed by atoms with Gasteiger partial charge < -0.3 is 20.1 Å². The molecule has 0 spiro atoms. The van der Waals surface area contributed by atoms with Crippen LogP contribution in [0.2, 0.25) is 0 Å². The molecule has 0 unspecified atom stereocenters. The van der Waals surface area contributed by atoms with Gasteiger partial charge >= 0.3 is 6.09 Å². The number of likely N-dealkylation sites (tertiary alicyclic amines) is 1. The topological polar surface area (TPSA) is 124 Å². The number of piperidine rings is 1. The minimum absolute atomic E-state index is 0.0269. The number of ketones is 1. The molecular formula is C33H40N6O4. The smallest absolute Gasteiger partial charge is 0.410 e. The van der Waals surface area contributed by atoms with E-state index in [1.54, 1.807) is 18.7 Å². The van der Waals surface area contributed by atoms with E-state index in [1.165, 1.54) is 0 Å². The number of nitrogens with one attached hydrogen (secondary N) is 1. The van der Waals surface area contributed by atoms with Crippen LogP contribution in [0.25, 0.3) is 16.8 Å². The van der Waals surface area contributed by atoms with Gasteiger partial charge in [0.25, 0.3) is 0 Å². The number of pyridine rings is 1. The molecule has 1 amide bonds. The molecule has 10 nitrogen and oxygen atoms in total. The number of carbonyl (C=O) groups excluding carboxylic acids is 2. The molecule has 3 N–H and O–H groups in total. The molecule has 1 atom stereocenters. The number of nitrogens with two attached hydrogens (primary N) is 1. The highest BCUT2D eigenvalue weighted by atomic mass is 16.6. The molecule has 1 fully saturated rings. The lowest BCUT2D eigenvalue weighted by molar-refractivity contribution is -0.122. The van der Waals surface area contributed by atoms with Crippen LogP contribution in [0, 0.1) is 0 Å². The van der Waals surface area contributed by atoms with Gasteiger partial charge in [-0.15, -0.1) is 10.2 Å². The van der Waals surface area contributed by atoms with Gasteiger partial charge in [-0.25, -0.2) is 4.79 Å². The van der Waals surface area contributed by atoms with E-state index in [-0.39, 0.29) is 31.6 Å². The first-order valence-corrected chi connectivity index (χ1v) is 14.8. The Hall–Kier alpha value is -4.12. The van der Waals surface area contributed by atoms with Crippen LogP contribution >= 0.6 is 0 Å². The Morgan fingerprint density at radius 1 is 0.930 bits per heavy atom. The monoisotopic (exact) mass is 584 g/mol. The quantitative estimate of drug-likeness (QED) is 0.246. The van der Waals surface area contributed by atoms with Gasteiger partial charge in [-0.2, -0.15) is 0 Å². The maximum atomic E-state index is 12.8. The minimum Gasteiger partial charge on any atom is -0.443 e. The van der Waals surface area contributed by atoms with Crippen molar-refractivity contribution >= 4 is 17.5 Å². The van der Waals surface area contributed by atoms with Crippen LogP contribution in [-0.2, 0) is 27.5 Å². The van der Waals surface area contributed by atoms with Crippen molar-refractivity contribution in [2.75, 3.05) is 26.2 Å². The van der Waals surface area contributed by atoms with Gasteiger partial charge in [0.15, 0.2) is 17.3 Å². The normalized spacial score (nSPS) is 14.5. The van der Waals surface area contributed by atoms with Crippen molar-refractivity contribution in [2.24, 2.45) is 5.73 Å². The number of aromatic nitrogens is 3. The second kappa shape index (κ2) is 13.9. The summed E-state index contributed by atoms with van der Waals surface area (Å²) in [4.78, 5) is 27.2. The molecule has 3 heterocycles. The van der Waals surface area contributed by atoms with E-state index < -0.39 is 11.6 Å². The maximum absolute atomic E-state index is 12.8. The zero-order chi connectivity index (χ0) is 30.2. The Morgan fingerprint density at radius 3 is 2.44 bits per heavy atom. The molecule has 0 aliphatic carbocycles. The number of carbonyl (C=O) groups is 2. The summed E-state index contributed by atoms with van der Waals surface area (Å²) in [7, 11) is 0. The molecule has 4 aromatic rings. The van der Waals surface area contributed by atoms with Gasteiger partial charge in [0.1, 0.15) is 6.61 Å². The maximum Gasteiger partial charge on any atom is 0.410 e. The van der Waals surface area contributed by atoms with Crippen molar-refractivity contribution in [1.82, 2.24) is 24.8 Å². The molecular weight excluding hydrogens is 544 g/mol. The summed E-state index contributed by atoms with van der Waals surface area (Å²) in [6, 6.07) is 23.4. The highest BCUT2D eigenvalue weighted by molar-refractivity contribution is 5.89. The molecule has 1 aliphatic rings. The van der Waals surface area contributed by atoms with E-state index in [0.29, 0.717) is 31.2 Å². The third-order valence-corrected chi connectivity index (χ3v) is 7.68. The average molecular weight is 585 g/mol. The van der Waals surface area contributed by atoms with Gasteiger partial charge in [0.2, 0.25) is 0 Å². The van der Waals surface area contributed by atoms with E-state index >= 15 is 0 Å². The largest absolute Gasteiger partial charge is 0.443 e. The third-order valence-electron chi connectivity index (χ3n) is 7.68. The van der Waals surface area contributed by atoms with Crippen LogP contribution in [-0.4, -0.2) is 63.2 Å². The molecule has 2 aromatic heterocycles. The van der Waals surface area contributed by atoms with E-state index in [4.69, 9.17) is 15.2 Å². The van der Waals surface area contributed by atoms with E-state index in [2.05, 4.69) is 33.7 Å². The van der Waals surface area contributed by atoms with Gasteiger partial charge in [0.05, 0.1) is 37.0 Å². The second-order valence-corrected chi connectivity index (χ2v) is 11.5. The average Bonchev–Trinajstić information content (AvgIpc) is 3.46. The Kier molecular flexibility index (Phi) is 9.81. The summed E-state index contributed by atoms with van der Waals surface area (Å²) in [6.07, 6.45) is 2.78. The summed E-state index contributed by atoms with van der Waals surface area (Å²) in [5, 5.41) is 12.2. The number of hydrogen-bond donors (Lipinski definition) is 2. The minimum atomic E-state index is -0.992. The summed E-state index contributed by atoms with van der Waals surface area (Å²) < 4.78 is 13.8. The van der Waals surface area contributed by atoms with Crippen LogP contribution in [0.1, 0.15) is 56.2 Å². The molecule has 2 aromatic carbocycles. The fraction of sp³-hybridized carbons (Fsp3) is 0.394. The molecule has 43 heavy (non-hydrogen) atoms. The van der Waals surface area contributed by atoms with Gasteiger partial charge in [-0.3, -0.25) is 14.5 Å². The second-order valence-electron chi connectivity index (χ2n) is 11.5. The summed E-state index contributed by atoms with van der Waals surface area (Å²) in [5.41, 5.74) is 9.65. The molecule has 0 bridgehead atoms. The molecule has 0 radical (unpaired) electrons. The van der Waals surface area contributed by atoms with E-state index in [9.17, 15) is 9.59 Å². The number of Topliss-reactive ketones (excluding diaryl/α,β-unsaturated/α-hetero) is 1. The van der Waals surface area contributed by atoms with Crippen molar-refractivity contribution in [3.63, 3.8) is 0 Å². The van der Waals surface area contributed by atoms with Crippen LogP contribution < -0.4 is 11.1 Å². The predicted octanol–water partition coefficient (Wildman–Crippen LogP) is 4.67. The highest BCUT2D eigenvalue weighted by Crippen LogP contribution is 2.25. The molecule has 1 aliphatic heterocycles. The molecule has 1 saturated heterocycles. The third kappa shape index (κ3) is 7.64. The first-order chi connectivity index (χ1) is 20.8. The fourth-order valence-electron chi connectivity index (χ4n) is 5.17. The molecule has 0 saturated carbocycles. The zero-order valence-electron chi connectivity index (χ0n) is 24.9. The number of hydrogen-bond acceptors (Lipinski definition) is 8. The highest BCUT2D eigenvalue weighted by Gasteiger charge is 2.26. The summed E-state index contributed by atoms with van der Waals surface area (Å²) >= 11 is 0. The molecule has 5 rings (SSSR count). The van der Waals surface area contributed by atoms with Crippen molar-refractivity contribution < 1.29 is 19.1 Å².